The molecule has 0 saturated heterocycles. The van der Waals surface area contributed by atoms with Gasteiger partial charge in [-0.2, -0.15) is 22.0 Å². The smallest absolute Gasteiger partial charge is 0.389 e. The number of nitrogens with zero attached hydrogens (tertiary/aromatic N) is 1. The average molecular weight is 367 g/mol. The number of guanidine groups is 1. The number of benzene rings is 1. The van der Waals surface area contributed by atoms with E-state index in [2.05, 4.69) is 20.4 Å². The quantitative estimate of drug-likeness (QED) is 0.316. The van der Waals surface area contributed by atoms with Crippen molar-refractivity contribution in [1.82, 2.24) is 10.6 Å². The molecule has 0 aromatic heterocycles. The van der Waals surface area contributed by atoms with Crippen LogP contribution in [-0.4, -0.2) is 32.3 Å². The Morgan fingerprint density at radius 3 is 2.52 bits per heavy atom. The van der Waals surface area contributed by atoms with Crippen LogP contribution in [0.1, 0.15) is 30.4 Å². The molecule has 2 N–H and O–H groups in total. The fraction of sp³-hybridized carbons (Fsp3) is 0.562. The molecule has 0 saturated carbocycles. The molecule has 0 aliphatic carbocycles. The van der Waals surface area contributed by atoms with Gasteiger partial charge >= 0.3 is 12.8 Å². The Kier molecular flexibility index (Phi) is 8.44. The van der Waals surface area contributed by atoms with Crippen molar-refractivity contribution in [3.63, 3.8) is 0 Å². The second kappa shape index (κ2) is 10.0. The number of alkyl halides is 5. The van der Waals surface area contributed by atoms with Crippen LogP contribution in [0.2, 0.25) is 0 Å². The molecular weight excluding hydrogens is 345 g/mol. The maximum Gasteiger partial charge on any atom is 0.389 e. The van der Waals surface area contributed by atoms with Crippen LogP contribution in [0.25, 0.3) is 0 Å². The molecule has 9 heteroatoms. The Labute approximate surface area is 143 Å². The normalized spacial score (nSPS) is 12.4. The van der Waals surface area contributed by atoms with Crippen molar-refractivity contribution in [3.8, 4) is 5.75 Å². The third-order valence-electron chi connectivity index (χ3n) is 3.28. The summed E-state index contributed by atoms with van der Waals surface area (Å²) in [6, 6.07) is 4.84. The van der Waals surface area contributed by atoms with E-state index in [0.29, 0.717) is 24.5 Å². The SMILES string of the molecule is CN=C(NCCCCC(F)(F)F)NCc1cc(C)ccc1OC(F)F. The van der Waals surface area contributed by atoms with Crippen LogP contribution in [0, 0.1) is 6.92 Å². The van der Waals surface area contributed by atoms with Crippen molar-refractivity contribution in [2.45, 2.75) is 45.5 Å². The first kappa shape index (κ1) is 21.0. The fourth-order valence-electron chi connectivity index (χ4n) is 2.11. The van der Waals surface area contributed by atoms with E-state index in [1.165, 1.54) is 13.1 Å². The van der Waals surface area contributed by atoms with Gasteiger partial charge in [-0.05, 0) is 25.8 Å². The Balaban J connectivity index is 2.48. The Hall–Kier alpha value is -2.06. The van der Waals surface area contributed by atoms with Gasteiger partial charge in [0.1, 0.15) is 5.75 Å². The third-order valence-corrected chi connectivity index (χ3v) is 3.28. The molecule has 0 radical (unpaired) electrons. The number of ether oxygens (including phenoxy) is 1. The number of nitrogens with one attached hydrogen (secondary N) is 2. The first-order valence-corrected chi connectivity index (χ1v) is 7.77. The molecule has 0 bridgehead atoms. The lowest BCUT2D eigenvalue weighted by molar-refractivity contribution is -0.135. The van der Waals surface area contributed by atoms with E-state index < -0.39 is 19.2 Å². The first-order chi connectivity index (χ1) is 11.7. The lowest BCUT2D eigenvalue weighted by atomic mass is 10.1. The van der Waals surface area contributed by atoms with Gasteiger partial charge in [0.15, 0.2) is 5.96 Å². The van der Waals surface area contributed by atoms with Crippen LogP contribution in [0.3, 0.4) is 0 Å². The van der Waals surface area contributed by atoms with Crippen LogP contribution < -0.4 is 15.4 Å². The van der Waals surface area contributed by atoms with Crippen molar-refractivity contribution >= 4 is 5.96 Å². The highest BCUT2D eigenvalue weighted by molar-refractivity contribution is 5.79. The molecule has 1 aromatic rings. The molecule has 0 heterocycles. The monoisotopic (exact) mass is 367 g/mol. The molecule has 0 aliphatic rings. The predicted molar refractivity (Wildman–Crippen MR) is 85.9 cm³/mol. The van der Waals surface area contributed by atoms with Crippen molar-refractivity contribution < 1.29 is 26.7 Å². The highest BCUT2D eigenvalue weighted by atomic mass is 19.4. The van der Waals surface area contributed by atoms with Crippen LogP contribution in [-0.2, 0) is 6.54 Å². The lowest BCUT2D eigenvalue weighted by Gasteiger charge is -2.15. The standard InChI is InChI=1S/C16H22F5N3O/c1-11-5-6-13(25-14(17)18)12(9-11)10-24-15(22-2)23-8-4-3-7-16(19,20)21/h5-6,9,14H,3-4,7-8,10H2,1-2H3,(H2,22,23,24). The van der Waals surface area contributed by atoms with Gasteiger partial charge in [0.05, 0.1) is 0 Å². The zero-order valence-electron chi connectivity index (χ0n) is 14.1. The number of aliphatic imine (C=N–C) groups is 1. The van der Waals surface area contributed by atoms with E-state index >= 15 is 0 Å². The average Bonchev–Trinajstić information content (AvgIpc) is 2.50. The number of unbranched alkanes of at least 4 members (excludes halogenated alkanes) is 1. The number of rotatable bonds is 8. The van der Waals surface area contributed by atoms with E-state index in [9.17, 15) is 22.0 Å². The van der Waals surface area contributed by atoms with Crippen molar-refractivity contribution in [2.75, 3.05) is 13.6 Å². The zero-order valence-corrected chi connectivity index (χ0v) is 14.1. The largest absolute Gasteiger partial charge is 0.434 e. The minimum absolute atomic E-state index is 0.0255. The van der Waals surface area contributed by atoms with Crippen molar-refractivity contribution in [3.05, 3.63) is 29.3 Å². The summed E-state index contributed by atoms with van der Waals surface area (Å²) < 4.78 is 65.5. The highest BCUT2D eigenvalue weighted by Gasteiger charge is 2.25. The van der Waals surface area contributed by atoms with Gasteiger partial charge < -0.3 is 15.4 Å². The fourth-order valence-corrected chi connectivity index (χ4v) is 2.11. The van der Waals surface area contributed by atoms with Crippen LogP contribution in [0.5, 0.6) is 5.75 Å². The van der Waals surface area contributed by atoms with Gasteiger partial charge in [-0.1, -0.05) is 17.7 Å². The minimum atomic E-state index is -4.15. The molecule has 4 nitrogen and oxygen atoms in total. The lowest BCUT2D eigenvalue weighted by Crippen LogP contribution is -2.37. The summed E-state index contributed by atoms with van der Waals surface area (Å²) in [6.07, 6.45) is -4.60. The highest BCUT2D eigenvalue weighted by Crippen LogP contribution is 2.22. The molecule has 0 unspecified atom stereocenters. The molecular formula is C16H22F5N3O. The molecule has 25 heavy (non-hydrogen) atoms. The molecule has 0 fully saturated rings. The van der Waals surface area contributed by atoms with E-state index in [1.807, 2.05) is 6.92 Å². The Morgan fingerprint density at radius 2 is 1.92 bits per heavy atom. The maximum absolute atomic E-state index is 12.4. The summed E-state index contributed by atoms with van der Waals surface area (Å²) in [4.78, 5) is 3.95. The van der Waals surface area contributed by atoms with Gasteiger partial charge in [0, 0.05) is 32.1 Å². The van der Waals surface area contributed by atoms with Gasteiger partial charge in [-0.15, -0.1) is 0 Å². The summed E-state index contributed by atoms with van der Waals surface area (Å²) in [6.45, 7) is -0.591. The number of hydrogen-bond acceptors (Lipinski definition) is 2. The number of halogens is 5. The zero-order chi connectivity index (χ0) is 18.9. The molecule has 0 aliphatic heterocycles. The van der Waals surface area contributed by atoms with Gasteiger partial charge in [0.2, 0.25) is 0 Å². The van der Waals surface area contributed by atoms with Crippen LogP contribution in [0.4, 0.5) is 22.0 Å². The molecule has 142 valence electrons. The van der Waals surface area contributed by atoms with Gasteiger partial charge in [-0.25, -0.2) is 0 Å². The summed E-state index contributed by atoms with van der Waals surface area (Å²) in [5.74, 6) is 0.435. The molecule has 0 spiro atoms. The topological polar surface area (TPSA) is 45.7 Å². The summed E-state index contributed by atoms with van der Waals surface area (Å²) in [7, 11) is 1.51. The Morgan fingerprint density at radius 1 is 1.20 bits per heavy atom. The van der Waals surface area contributed by atoms with E-state index in [4.69, 9.17) is 0 Å². The molecule has 0 atom stereocenters. The second-order valence-electron chi connectivity index (χ2n) is 5.41. The molecule has 1 rings (SSSR count). The van der Waals surface area contributed by atoms with Crippen LogP contribution in [0.15, 0.2) is 23.2 Å². The molecule has 1 aromatic carbocycles. The van der Waals surface area contributed by atoms with E-state index in [-0.39, 0.29) is 18.7 Å². The van der Waals surface area contributed by atoms with E-state index in [0.717, 1.165) is 5.56 Å². The summed E-state index contributed by atoms with van der Waals surface area (Å²) >= 11 is 0. The maximum atomic E-state index is 12.4. The van der Waals surface area contributed by atoms with Gasteiger partial charge in [-0.3, -0.25) is 4.99 Å². The summed E-state index contributed by atoms with van der Waals surface area (Å²) in [5, 5.41) is 5.81. The van der Waals surface area contributed by atoms with E-state index in [1.54, 1.807) is 12.1 Å². The second-order valence-corrected chi connectivity index (χ2v) is 5.41. The number of hydrogen-bond donors (Lipinski definition) is 2. The third kappa shape index (κ3) is 9.11. The molecule has 0 amide bonds. The van der Waals surface area contributed by atoms with Crippen molar-refractivity contribution in [1.29, 1.82) is 0 Å². The summed E-state index contributed by atoms with van der Waals surface area (Å²) in [5.41, 5.74) is 1.41. The first-order valence-electron chi connectivity index (χ1n) is 7.77. The Bertz CT molecular complexity index is 561. The minimum Gasteiger partial charge on any atom is -0.434 e. The van der Waals surface area contributed by atoms with Gasteiger partial charge in [0.25, 0.3) is 0 Å². The predicted octanol–water partition coefficient (Wildman–Crippen LogP) is 3.99. The van der Waals surface area contributed by atoms with Crippen LogP contribution >= 0.6 is 0 Å². The van der Waals surface area contributed by atoms with Crippen molar-refractivity contribution in [2.24, 2.45) is 4.99 Å². The number of aryl methyl sites for hydroxylation is 1.